The third kappa shape index (κ3) is 6.17. The highest BCUT2D eigenvalue weighted by Gasteiger charge is 2.29. The van der Waals surface area contributed by atoms with E-state index >= 15 is 0 Å². The fourth-order valence-electron chi connectivity index (χ4n) is 3.33. The zero-order chi connectivity index (χ0) is 16.8. The Bertz CT molecular complexity index is 574. The molecule has 6 heteroatoms. The summed E-state index contributed by atoms with van der Waals surface area (Å²) in [4.78, 5) is 18.5. The quantitative estimate of drug-likeness (QED) is 0.376. The zero-order valence-electron chi connectivity index (χ0n) is 14.7. The molecule has 1 aliphatic carbocycles. The van der Waals surface area contributed by atoms with Crippen LogP contribution in [0.2, 0.25) is 0 Å². The first kappa shape index (κ1) is 20.0. The maximum Gasteiger partial charge on any atom is 0.223 e. The summed E-state index contributed by atoms with van der Waals surface area (Å²) < 4.78 is 0. The zero-order valence-corrected chi connectivity index (χ0v) is 17.0. The number of hydrogen-bond donors (Lipinski definition) is 2. The molecular weight excluding hydrogens is 427 g/mol. The van der Waals surface area contributed by atoms with Crippen LogP contribution >= 0.6 is 24.0 Å². The Hall–Kier alpha value is -1.31. The minimum Gasteiger partial charge on any atom is -0.370 e. The van der Waals surface area contributed by atoms with E-state index in [1.807, 2.05) is 23.1 Å². The van der Waals surface area contributed by atoms with E-state index in [0.717, 1.165) is 32.0 Å². The Morgan fingerprint density at radius 1 is 1.24 bits per heavy atom. The van der Waals surface area contributed by atoms with Crippen molar-refractivity contribution in [2.24, 2.45) is 22.6 Å². The summed E-state index contributed by atoms with van der Waals surface area (Å²) >= 11 is 0. The molecule has 1 aromatic rings. The molecule has 0 radical (unpaired) electrons. The van der Waals surface area contributed by atoms with Crippen molar-refractivity contribution in [2.75, 3.05) is 26.2 Å². The fourth-order valence-corrected chi connectivity index (χ4v) is 3.33. The molecule has 1 amide bonds. The molecule has 1 atom stereocenters. The summed E-state index contributed by atoms with van der Waals surface area (Å²) in [5.74, 6) is 1.82. The van der Waals surface area contributed by atoms with Gasteiger partial charge in [0.1, 0.15) is 0 Å². The van der Waals surface area contributed by atoms with Crippen LogP contribution in [0.4, 0.5) is 0 Å². The molecule has 138 valence electrons. The molecule has 0 bridgehead atoms. The molecule has 1 saturated heterocycles. The van der Waals surface area contributed by atoms with E-state index in [4.69, 9.17) is 5.73 Å². The molecule has 2 fully saturated rings. The van der Waals surface area contributed by atoms with Crippen molar-refractivity contribution in [2.45, 2.75) is 32.1 Å². The highest BCUT2D eigenvalue weighted by molar-refractivity contribution is 14.0. The van der Waals surface area contributed by atoms with Crippen LogP contribution in [0.1, 0.15) is 31.2 Å². The standard InChI is InChI=1S/C19H28N4O.HI/c20-19(21-12-16-7-4-8-16)22-13-17-11-18(24)23(14-17)10-9-15-5-2-1-3-6-15;/h1-3,5-6,16-17H,4,7-14H2,(H3,20,21,22);1H. The second-order valence-electron chi connectivity index (χ2n) is 7.05. The SMILES string of the molecule is I.NC(=NCC1CC(=O)N(CCc2ccccc2)C1)NCC1CCC1. The molecule has 5 nitrogen and oxygen atoms in total. The Kier molecular flexibility index (Phi) is 7.99. The van der Waals surface area contributed by atoms with Gasteiger partial charge in [-0.15, -0.1) is 24.0 Å². The molecule has 0 aromatic heterocycles. The highest BCUT2D eigenvalue weighted by atomic mass is 127. The molecule has 1 aromatic carbocycles. The molecule has 3 rings (SSSR count). The second-order valence-corrected chi connectivity index (χ2v) is 7.05. The van der Waals surface area contributed by atoms with Crippen molar-refractivity contribution in [1.82, 2.24) is 10.2 Å². The number of hydrogen-bond acceptors (Lipinski definition) is 2. The minimum atomic E-state index is 0. The van der Waals surface area contributed by atoms with Crippen molar-refractivity contribution in [3.05, 3.63) is 35.9 Å². The van der Waals surface area contributed by atoms with Gasteiger partial charge in [0.25, 0.3) is 0 Å². The first-order valence-corrected chi connectivity index (χ1v) is 9.06. The fraction of sp³-hybridized carbons (Fsp3) is 0.579. The summed E-state index contributed by atoms with van der Waals surface area (Å²) in [5.41, 5.74) is 7.20. The van der Waals surface area contributed by atoms with E-state index in [2.05, 4.69) is 22.4 Å². The lowest BCUT2D eigenvalue weighted by atomic mass is 9.85. The van der Waals surface area contributed by atoms with Crippen molar-refractivity contribution >= 4 is 35.8 Å². The number of amides is 1. The van der Waals surface area contributed by atoms with Gasteiger partial charge in [-0.1, -0.05) is 36.8 Å². The maximum atomic E-state index is 12.1. The number of carbonyl (C=O) groups is 1. The van der Waals surface area contributed by atoms with E-state index in [0.29, 0.717) is 18.9 Å². The third-order valence-corrected chi connectivity index (χ3v) is 5.12. The van der Waals surface area contributed by atoms with Crippen LogP contribution in [0.25, 0.3) is 0 Å². The number of nitrogens with one attached hydrogen (secondary N) is 1. The molecule has 1 saturated carbocycles. The number of nitrogens with two attached hydrogens (primary N) is 1. The lowest BCUT2D eigenvalue weighted by Crippen LogP contribution is -2.37. The third-order valence-electron chi connectivity index (χ3n) is 5.12. The summed E-state index contributed by atoms with van der Waals surface area (Å²) in [6.45, 7) is 3.16. The average Bonchev–Trinajstić information content (AvgIpc) is 2.90. The summed E-state index contributed by atoms with van der Waals surface area (Å²) in [7, 11) is 0. The van der Waals surface area contributed by atoms with Crippen LogP contribution in [0.15, 0.2) is 35.3 Å². The van der Waals surface area contributed by atoms with E-state index in [1.54, 1.807) is 0 Å². The number of carbonyl (C=O) groups excluding carboxylic acids is 1. The summed E-state index contributed by atoms with van der Waals surface area (Å²) in [5, 5.41) is 3.21. The average molecular weight is 456 g/mol. The van der Waals surface area contributed by atoms with Crippen LogP contribution < -0.4 is 11.1 Å². The Labute approximate surface area is 167 Å². The number of benzene rings is 1. The van der Waals surface area contributed by atoms with E-state index in [9.17, 15) is 4.79 Å². The molecular formula is C19H29IN4O. The smallest absolute Gasteiger partial charge is 0.223 e. The summed E-state index contributed by atoms with van der Waals surface area (Å²) in [6, 6.07) is 10.3. The van der Waals surface area contributed by atoms with E-state index in [1.165, 1.54) is 24.8 Å². The monoisotopic (exact) mass is 456 g/mol. The second kappa shape index (κ2) is 9.99. The number of likely N-dealkylation sites (tertiary alicyclic amines) is 1. The van der Waals surface area contributed by atoms with Gasteiger partial charge in [0, 0.05) is 38.5 Å². The first-order valence-electron chi connectivity index (χ1n) is 9.06. The molecule has 1 unspecified atom stereocenters. The van der Waals surface area contributed by atoms with Gasteiger partial charge >= 0.3 is 0 Å². The highest BCUT2D eigenvalue weighted by Crippen LogP contribution is 2.25. The van der Waals surface area contributed by atoms with Crippen LogP contribution in [0.3, 0.4) is 0 Å². The molecule has 25 heavy (non-hydrogen) atoms. The van der Waals surface area contributed by atoms with Crippen molar-refractivity contribution in [1.29, 1.82) is 0 Å². The van der Waals surface area contributed by atoms with Crippen LogP contribution in [-0.2, 0) is 11.2 Å². The predicted molar refractivity (Wildman–Crippen MR) is 112 cm³/mol. The van der Waals surface area contributed by atoms with Crippen LogP contribution in [0, 0.1) is 11.8 Å². The maximum absolute atomic E-state index is 12.1. The molecule has 1 heterocycles. The predicted octanol–water partition coefficient (Wildman–Crippen LogP) is 2.40. The number of halogens is 1. The normalized spacial score (nSPS) is 21.0. The van der Waals surface area contributed by atoms with Gasteiger partial charge in [-0.05, 0) is 30.7 Å². The van der Waals surface area contributed by atoms with Gasteiger partial charge in [-0.3, -0.25) is 9.79 Å². The Balaban J connectivity index is 0.00000225. The summed E-state index contributed by atoms with van der Waals surface area (Å²) in [6.07, 6.45) is 5.44. The Morgan fingerprint density at radius 3 is 2.68 bits per heavy atom. The molecule has 3 N–H and O–H groups in total. The number of aliphatic imine (C=N–C) groups is 1. The van der Waals surface area contributed by atoms with Gasteiger partial charge in [-0.25, -0.2) is 0 Å². The lowest BCUT2D eigenvalue weighted by molar-refractivity contribution is -0.127. The molecule has 2 aliphatic rings. The van der Waals surface area contributed by atoms with Gasteiger partial charge in [0.05, 0.1) is 0 Å². The Morgan fingerprint density at radius 2 is 2.00 bits per heavy atom. The lowest BCUT2D eigenvalue weighted by Gasteiger charge is -2.25. The van der Waals surface area contributed by atoms with Crippen LogP contribution in [-0.4, -0.2) is 42.9 Å². The van der Waals surface area contributed by atoms with Gasteiger partial charge in [0.2, 0.25) is 5.91 Å². The minimum absolute atomic E-state index is 0. The van der Waals surface area contributed by atoms with E-state index in [-0.39, 0.29) is 35.8 Å². The molecule has 0 spiro atoms. The van der Waals surface area contributed by atoms with Crippen molar-refractivity contribution < 1.29 is 4.79 Å². The number of nitrogens with zero attached hydrogens (tertiary/aromatic N) is 2. The molecule has 1 aliphatic heterocycles. The first-order chi connectivity index (χ1) is 11.7. The van der Waals surface area contributed by atoms with Crippen molar-refractivity contribution in [3.63, 3.8) is 0 Å². The van der Waals surface area contributed by atoms with Crippen LogP contribution in [0.5, 0.6) is 0 Å². The number of rotatable bonds is 7. The van der Waals surface area contributed by atoms with Gasteiger partial charge in [0.15, 0.2) is 5.96 Å². The van der Waals surface area contributed by atoms with E-state index < -0.39 is 0 Å². The van der Waals surface area contributed by atoms with Gasteiger partial charge < -0.3 is 16.0 Å². The van der Waals surface area contributed by atoms with Crippen molar-refractivity contribution in [3.8, 4) is 0 Å². The topological polar surface area (TPSA) is 70.7 Å². The number of guanidine groups is 1. The largest absolute Gasteiger partial charge is 0.370 e. The van der Waals surface area contributed by atoms with Gasteiger partial charge in [-0.2, -0.15) is 0 Å².